The summed E-state index contributed by atoms with van der Waals surface area (Å²) in [5.41, 5.74) is -0.573. The first kappa shape index (κ1) is 29.2. The summed E-state index contributed by atoms with van der Waals surface area (Å²) < 4.78 is 77.2. The second kappa shape index (κ2) is 11.6. The van der Waals surface area contributed by atoms with Gasteiger partial charge in [-0.3, -0.25) is 14.1 Å². The summed E-state index contributed by atoms with van der Waals surface area (Å²) in [5, 5.41) is -4.74. The number of esters is 4. The Balaban J connectivity index is 1.48. The number of cyclic esters (lactones) is 1. The molecule has 0 aromatic carbocycles. The topological polar surface area (TPSA) is 160 Å². The van der Waals surface area contributed by atoms with Gasteiger partial charge in [0.2, 0.25) is 12.2 Å². The monoisotopic (exact) mass is 554 g/mol. The summed E-state index contributed by atoms with van der Waals surface area (Å²) in [5.74, 6) is -3.77. The number of alkyl halides is 2. The molecule has 0 aromatic rings. The highest BCUT2D eigenvalue weighted by atomic mass is 32.2. The van der Waals surface area contributed by atoms with Crippen LogP contribution in [0.3, 0.4) is 0 Å². The van der Waals surface area contributed by atoms with Gasteiger partial charge >= 0.3 is 39.2 Å². The molecular formula is C23H32F2O11S. The largest absolute Gasteiger partial charge is 0.456 e. The van der Waals surface area contributed by atoms with Crippen LogP contribution in [0.25, 0.3) is 0 Å². The van der Waals surface area contributed by atoms with Crippen LogP contribution >= 0.6 is 0 Å². The third-order valence-corrected chi connectivity index (χ3v) is 8.27. The van der Waals surface area contributed by atoms with Gasteiger partial charge in [0.1, 0.15) is 5.60 Å². The van der Waals surface area contributed by atoms with Crippen LogP contribution in [-0.4, -0.2) is 66.0 Å². The zero-order valence-electron chi connectivity index (χ0n) is 20.5. The van der Waals surface area contributed by atoms with Crippen LogP contribution in [0.2, 0.25) is 0 Å². The molecule has 0 bridgehead atoms. The van der Waals surface area contributed by atoms with Gasteiger partial charge in [-0.15, -0.1) is 0 Å². The third kappa shape index (κ3) is 6.95. The van der Waals surface area contributed by atoms with E-state index in [2.05, 4.69) is 4.74 Å². The van der Waals surface area contributed by atoms with Crippen molar-refractivity contribution >= 4 is 34.0 Å². The van der Waals surface area contributed by atoms with Crippen LogP contribution < -0.4 is 0 Å². The minimum Gasteiger partial charge on any atom is -0.456 e. The van der Waals surface area contributed by atoms with E-state index in [0.717, 1.165) is 57.8 Å². The van der Waals surface area contributed by atoms with Crippen molar-refractivity contribution in [2.75, 3.05) is 0 Å². The third-order valence-electron chi connectivity index (χ3n) is 7.25. The summed E-state index contributed by atoms with van der Waals surface area (Å²) in [6.45, 7) is 0.557. The summed E-state index contributed by atoms with van der Waals surface area (Å²) in [7, 11) is -5.82. The minimum absolute atomic E-state index is 0.258. The van der Waals surface area contributed by atoms with Crippen molar-refractivity contribution in [3.63, 3.8) is 0 Å². The summed E-state index contributed by atoms with van der Waals surface area (Å²) in [6, 6.07) is 0. The Morgan fingerprint density at radius 2 is 1.68 bits per heavy atom. The molecule has 3 rings (SSSR count). The molecule has 0 aromatic heterocycles. The summed E-state index contributed by atoms with van der Waals surface area (Å²) in [6.07, 6.45) is 1.74. The van der Waals surface area contributed by atoms with E-state index < -0.39 is 76.0 Å². The average Bonchev–Trinajstić information content (AvgIpc) is 3.48. The molecule has 2 saturated carbocycles. The van der Waals surface area contributed by atoms with Crippen molar-refractivity contribution in [2.45, 2.75) is 113 Å². The van der Waals surface area contributed by atoms with E-state index in [1.165, 1.54) is 0 Å². The zero-order valence-corrected chi connectivity index (χ0v) is 21.3. The molecule has 37 heavy (non-hydrogen) atoms. The molecule has 3 fully saturated rings. The SMILES string of the molecule is CC(OC(=O)CCC(=O)OC1CC(C(=O)OC2(C3CCCC3)CCCCC2)OC1=O)C(F)(F)S(=O)(=O)O. The average molecular weight is 555 g/mol. The van der Waals surface area contributed by atoms with Gasteiger partial charge in [0.15, 0.2) is 6.10 Å². The van der Waals surface area contributed by atoms with Crippen LogP contribution in [0.1, 0.15) is 84.0 Å². The quantitative estimate of drug-likeness (QED) is 0.240. The lowest BCUT2D eigenvalue weighted by Crippen LogP contribution is -2.45. The Labute approximate surface area is 213 Å². The highest BCUT2D eigenvalue weighted by Crippen LogP contribution is 2.45. The number of ether oxygens (including phenoxy) is 4. The van der Waals surface area contributed by atoms with Gasteiger partial charge in [0, 0.05) is 6.42 Å². The molecule has 210 valence electrons. The van der Waals surface area contributed by atoms with Gasteiger partial charge in [-0.25, -0.2) is 9.59 Å². The molecule has 1 N–H and O–H groups in total. The van der Waals surface area contributed by atoms with Gasteiger partial charge in [-0.05, 0) is 51.4 Å². The fourth-order valence-electron chi connectivity index (χ4n) is 5.21. The van der Waals surface area contributed by atoms with Gasteiger partial charge in [-0.1, -0.05) is 19.3 Å². The normalized spacial score (nSPS) is 25.2. The summed E-state index contributed by atoms with van der Waals surface area (Å²) in [4.78, 5) is 48.9. The molecule has 1 heterocycles. The lowest BCUT2D eigenvalue weighted by Gasteiger charge is -2.42. The molecule has 3 aliphatic rings. The molecule has 1 aliphatic heterocycles. The lowest BCUT2D eigenvalue weighted by atomic mass is 9.74. The highest BCUT2D eigenvalue weighted by Gasteiger charge is 2.52. The molecule has 3 atom stereocenters. The van der Waals surface area contributed by atoms with Crippen molar-refractivity contribution in [2.24, 2.45) is 5.92 Å². The molecular weight excluding hydrogens is 522 g/mol. The molecule has 0 amide bonds. The standard InChI is InChI=1S/C23H32F2O11S/c1-14(23(24,25)37(30,31)32)33-18(26)9-10-19(27)34-16-13-17(35-20(16)28)21(29)36-22(11-5-2-6-12-22)15-7-3-4-8-15/h14-17H,2-13H2,1H3,(H,30,31,32). The van der Waals surface area contributed by atoms with Gasteiger partial charge in [0.25, 0.3) is 0 Å². The van der Waals surface area contributed by atoms with E-state index in [-0.39, 0.29) is 12.3 Å². The van der Waals surface area contributed by atoms with Gasteiger partial charge < -0.3 is 18.9 Å². The number of carbonyl (C=O) groups excluding carboxylic acids is 4. The first-order valence-electron chi connectivity index (χ1n) is 12.4. The van der Waals surface area contributed by atoms with Crippen LogP contribution in [0, 0.1) is 5.92 Å². The number of hydrogen-bond acceptors (Lipinski definition) is 10. The van der Waals surface area contributed by atoms with Crippen LogP contribution in [-0.2, 0) is 48.2 Å². The number of halogens is 2. The van der Waals surface area contributed by atoms with Crippen molar-refractivity contribution < 1.29 is 59.9 Å². The fourth-order valence-corrected chi connectivity index (χ4v) is 5.68. The number of rotatable bonds is 10. The maximum Gasteiger partial charge on any atom is 0.405 e. The molecule has 0 radical (unpaired) electrons. The van der Waals surface area contributed by atoms with E-state index in [4.69, 9.17) is 18.8 Å². The van der Waals surface area contributed by atoms with Crippen LogP contribution in [0.4, 0.5) is 8.78 Å². The van der Waals surface area contributed by atoms with E-state index in [0.29, 0.717) is 6.92 Å². The fraction of sp³-hybridized carbons (Fsp3) is 0.826. The first-order valence-corrected chi connectivity index (χ1v) is 13.9. The van der Waals surface area contributed by atoms with E-state index in [1.807, 2.05) is 0 Å². The van der Waals surface area contributed by atoms with E-state index >= 15 is 0 Å². The minimum atomic E-state index is -5.82. The molecule has 2 aliphatic carbocycles. The Hall–Kier alpha value is -2.35. The highest BCUT2D eigenvalue weighted by molar-refractivity contribution is 7.86. The van der Waals surface area contributed by atoms with Crippen LogP contribution in [0.15, 0.2) is 0 Å². The molecule has 0 spiro atoms. The molecule has 14 heteroatoms. The Morgan fingerprint density at radius 3 is 2.27 bits per heavy atom. The number of carbonyl (C=O) groups is 4. The van der Waals surface area contributed by atoms with Crippen molar-refractivity contribution in [3.05, 3.63) is 0 Å². The Bertz CT molecular complexity index is 985. The maximum atomic E-state index is 13.5. The van der Waals surface area contributed by atoms with Crippen molar-refractivity contribution in [3.8, 4) is 0 Å². The molecule has 3 unspecified atom stereocenters. The van der Waals surface area contributed by atoms with Crippen molar-refractivity contribution in [1.82, 2.24) is 0 Å². The smallest absolute Gasteiger partial charge is 0.405 e. The summed E-state index contributed by atoms with van der Waals surface area (Å²) >= 11 is 0. The van der Waals surface area contributed by atoms with E-state index in [9.17, 15) is 36.4 Å². The second-order valence-electron chi connectivity index (χ2n) is 9.84. The van der Waals surface area contributed by atoms with E-state index in [1.54, 1.807) is 0 Å². The van der Waals surface area contributed by atoms with Crippen molar-refractivity contribution in [1.29, 1.82) is 0 Å². The molecule has 1 saturated heterocycles. The number of hydrogen-bond donors (Lipinski definition) is 1. The zero-order chi connectivity index (χ0) is 27.4. The van der Waals surface area contributed by atoms with Crippen LogP contribution in [0.5, 0.6) is 0 Å². The first-order chi connectivity index (χ1) is 17.2. The van der Waals surface area contributed by atoms with Gasteiger partial charge in [-0.2, -0.15) is 17.2 Å². The maximum absolute atomic E-state index is 13.5. The van der Waals surface area contributed by atoms with Gasteiger partial charge in [0.05, 0.1) is 12.8 Å². The predicted octanol–water partition coefficient (Wildman–Crippen LogP) is 2.84. The second-order valence-corrected chi connectivity index (χ2v) is 11.3. The Morgan fingerprint density at radius 1 is 1.08 bits per heavy atom. The predicted molar refractivity (Wildman–Crippen MR) is 120 cm³/mol. The lowest BCUT2D eigenvalue weighted by molar-refractivity contribution is -0.184. The Kier molecular flexibility index (Phi) is 9.14. The molecule has 11 nitrogen and oxygen atoms in total.